The van der Waals surface area contributed by atoms with Crippen LogP contribution in [0.4, 0.5) is 11.6 Å². The summed E-state index contributed by atoms with van der Waals surface area (Å²) in [6, 6.07) is 3.89. The number of ketones is 2. The molecular weight excluding hydrogens is 607 g/mol. The SMILES string of the molecule is C.CC(=O)C(Cl)(Br)CCNc1ncnc2ccsc12.CC(=O)C(Cl)CCNc1ncnc2ccsc12. The molecule has 194 valence electrons. The molecule has 2 atom stereocenters. The zero-order valence-electron chi connectivity index (χ0n) is 18.9. The summed E-state index contributed by atoms with van der Waals surface area (Å²) in [5.74, 6) is 1.48. The Balaban J connectivity index is 0.000000247. The lowest BCUT2D eigenvalue weighted by Gasteiger charge is -2.16. The van der Waals surface area contributed by atoms with Gasteiger partial charge >= 0.3 is 0 Å². The molecular formula is C23H27BrCl2N6O2S2. The second-order valence-electron chi connectivity index (χ2n) is 7.45. The minimum Gasteiger partial charge on any atom is -0.369 e. The second-order valence-corrected chi connectivity index (χ2v) is 12.3. The lowest BCUT2D eigenvalue weighted by atomic mass is 10.2. The molecule has 0 radical (unpaired) electrons. The first-order chi connectivity index (χ1) is 16.7. The molecule has 4 aromatic heterocycles. The number of fused-ring (bicyclic) bond motifs is 2. The van der Waals surface area contributed by atoms with E-state index in [4.69, 9.17) is 23.2 Å². The van der Waals surface area contributed by atoms with Crippen molar-refractivity contribution in [1.82, 2.24) is 19.9 Å². The number of carbonyl (C=O) groups is 2. The minimum atomic E-state index is -0.998. The summed E-state index contributed by atoms with van der Waals surface area (Å²) in [4.78, 5) is 38.9. The summed E-state index contributed by atoms with van der Waals surface area (Å²) < 4.78 is 1.04. The van der Waals surface area contributed by atoms with E-state index in [0.29, 0.717) is 25.9 Å². The first kappa shape index (κ1) is 30.3. The third kappa shape index (κ3) is 8.31. The van der Waals surface area contributed by atoms with E-state index in [1.165, 1.54) is 26.5 Å². The fraction of sp³-hybridized carbons (Fsp3) is 0.391. The molecule has 4 aromatic rings. The fourth-order valence-electron chi connectivity index (χ4n) is 2.86. The van der Waals surface area contributed by atoms with Crippen molar-refractivity contribution >= 4 is 105 Å². The molecule has 0 aliphatic rings. The highest BCUT2D eigenvalue weighted by Crippen LogP contribution is 2.30. The number of halogens is 3. The number of thiophene rings is 2. The van der Waals surface area contributed by atoms with E-state index in [2.05, 4.69) is 46.5 Å². The molecule has 2 N–H and O–H groups in total. The van der Waals surface area contributed by atoms with Crippen molar-refractivity contribution in [3.63, 3.8) is 0 Å². The number of hydrogen-bond acceptors (Lipinski definition) is 10. The molecule has 0 aromatic carbocycles. The number of aromatic nitrogens is 4. The smallest absolute Gasteiger partial charge is 0.161 e. The number of Topliss-reactive ketones (excluding diaryl/α,β-unsaturated/α-hetero) is 2. The van der Waals surface area contributed by atoms with Crippen molar-refractivity contribution in [2.45, 2.75) is 43.3 Å². The molecule has 0 fully saturated rings. The molecule has 0 aliphatic carbocycles. The highest BCUT2D eigenvalue weighted by molar-refractivity contribution is 9.10. The van der Waals surface area contributed by atoms with Gasteiger partial charge < -0.3 is 10.6 Å². The average molecular weight is 634 g/mol. The molecule has 2 unspecified atom stereocenters. The molecule has 0 spiro atoms. The van der Waals surface area contributed by atoms with E-state index in [0.717, 1.165) is 32.1 Å². The zero-order chi connectivity index (χ0) is 25.4. The van der Waals surface area contributed by atoms with E-state index < -0.39 is 9.16 Å². The van der Waals surface area contributed by atoms with Gasteiger partial charge in [-0.2, -0.15) is 0 Å². The Morgan fingerprint density at radius 1 is 0.972 bits per heavy atom. The first-order valence-corrected chi connectivity index (χ1v) is 13.9. The third-order valence-corrected chi connectivity index (χ3v) is 8.62. The molecule has 0 saturated carbocycles. The predicted molar refractivity (Wildman–Crippen MR) is 156 cm³/mol. The van der Waals surface area contributed by atoms with Gasteiger partial charge in [0.1, 0.15) is 30.1 Å². The topological polar surface area (TPSA) is 110 Å². The van der Waals surface area contributed by atoms with Gasteiger partial charge in [-0.05, 0) is 43.2 Å². The number of hydrogen-bond donors (Lipinski definition) is 2. The normalized spacial score (nSPS) is 13.1. The summed E-state index contributed by atoms with van der Waals surface area (Å²) in [7, 11) is 0. The van der Waals surface area contributed by atoms with Gasteiger partial charge in [-0.25, -0.2) is 19.9 Å². The fourth-order valence-corrected chi connectivity index (χ4v) is 4.89. The van der Waals surface area contributed by atoms with Crippen molar-refractivity contribution < 1.29 is 9.59 Å². The standard InChI is InChI=1S/C11H11BrClN3OS.C11H12ClN3OS.CH4/c1-7(17)11(12,13)3-4-14-10-9-8(2-5-18-9)15-6-16-10;1-7(16)8(12)2-4-13-11-10-9(3-5-17-10)14-6-15-11;/h2,5-6H,3-4H2,1H3,(H,14,15,16);3,5-6,8H,2,4H2,1H3,(H,13,14,15);1H4. The van der Waals surface area contributed by atoms with E-state index in [1.54, 1.807) is 22.7 Å². The van der Waals surface area contributed by atoms with E-state index >= 15 is 0 Å². The highest BCUT2D eigenvalue weighted by Gasteiger charge is 2.28. The maximum Gasteiger partial charge on any atom is 0.161 e. The predicted octanol–water partition coefficient (Wildman–Crippen LogP) is 6.74. The molecule has 4 heterocycles. The maximum absolute atomic E-state index is 11.2. The van der Waals surface area contributed by atoms with Gasteiger partial charge in [0.25, 0.3) is 0 Å². The van der Waals surface area contributed by atoms with Gasteiger partial charge in [0.2, 0.25) is 0 Å². The monoisotopic (exact) mass is 632 g/mol. The Labute approximate surface area is 236 Å². The number of anilines is 2. The minimum absolute atomic E-state index is 0. The van der Waals surface area contributed by atoms with Crippen molar-refractivity contribution in [3.8, 4) is 0 Å². The van der Waals surface area contributed by atoms with Crippen LogP contribution in [0, 0.1) is 0 Å². The first-order valence-electron chi connectivity index (χ1n) is 10.6. The molecule has 0 aliphatic heterocycles. The van der Waals surface area contributed by atoms with Crippen molar-refractivity contribution in [2.75, 3.05) is 23.7 Å². The van der Waals surface area contributed by atoms with Crippen LogP contribution in [0.25, 0.3) is 20.4 Å². The lowest BCUT2D eigenvalue weighted by molar-refractivity contribution is -0.117. The van der Waals surface area contributed by atoms with Gasteiger partial charge in [0.05, 0.1) is 25.8 Å². The Kier molecular flexibility index (Phi) is 11.9. The molecule has 0 bridgehead atoms. The van der Waals surface area contributed by atoms with Crippen LogP contribution in [-0.2, 0) is 9.59 Å². The van der Waals surface area contributed by atoms with Crippen molar-refractivity contribution in [2.24, 2.45) is 0 Å². The number of nitrogens with zero attached hydrogens (tertiary/aromatic N) is 4. The van der Waals surface area contributed by atoms with Gasteiger partial charge in [0.15, 0.2) is 9.57 Å². The maximum atomic E-state index is 11.2. The number of nitrogens with one attached hydrogen (secondary N) is 2. The number of alkyl halides is 3. The van der Waals surface area contributed by atoms with Crippen LogP contribution >= 0.6 is 61.8 Å². The molecule has 8 nitrogen and oxygen atoms in total. The number of rotatable bonds is 10. The van der Waals surface area contributed by atoms with Crippen LogP contribution in [-0.4, -0.2) is 53.8 Å². The van der Waals surface area contributed by atoms with Crippen LogP contribution in [0.3, 0.4) is 0 Å². The zero-order valence-corrected chi connectivity index (χ0v) is 23.7. The molecule has 0 amide bonds. The molecule has 36 heavy (non-hydrogen) atoms. The Bertz CT molecular complexity index is 1300. The van der Waals surface area contributed by atoms with Crippen molar-refractivity contribution in [3.05, 3.63) is 35.5 Å². The number of carbonyl (C=O) groups excluding carboxylic acids is 2. The van der Waals surface area contributed by atoms with E-state index in [1.807, 2.05) is 22.9 Å². The molecule has 0 saturated heterocycles. The lowest BCUT2D eigenvalue weighted by Crippen LogP contribution is -2.25. The summed E-state index contributed by atoms with van der Waals surface area (Å²) in [6.07, 6.45) is 4.11. The third-order valence-electron chi connectivity index (χ3n) is 4.86. The largest absolute Gasteiger partial charge is 0.369 e. The average Bonchev–Trinajstić information content (AvgIpc) is 3.49. The van der Waals surface area contributed by atoms with Crippen LogP contribution in [0.2, 0.25) is 0 Å². The highest BCUT2D eigenvalue weighted by atomic mass is 79.9. The molecule has 4 rings (SSSR count). The van der Waals surface area contributed by atoms with Crippen LogP contribution in [0.1, 0.15) is 34.1 Å². The van der Waals surface area contributed by atoms with E-state index in [9.17, 15) is 9.59 Å². The summed E-state index contributed by atoms with van der Waals surface area (Å²) >= 11 is 18.3. The van der Waals surface area contributed by atoms with Gasteiger partial charge in [0, 0.05) is 19.5 Å². The van der Waals surface area contributed by atoms with Crippen LogP contribution in [0.15, 0.2) is 35.5 Å². The Morgan fingerprint density at radius 2 is 1.47 bits per heavy atom. The summed E-state index contributed by atoms with van der Waals surface area (Å²) in [6.45, 7) is 4.14. The van der Waals surface area contributed by atoms with Gasteiger partial charge in [-0.1, -0.05) is 35.0 Å². The molecule has 13 heteroatoms. The Morgan fingerprint density at radius 3 is 1.94 bits per heavy atom. The Hall–Kier alpha value is -1.92. The van der Waals surface area contributed by atoms with E-state index in [-0.39, 0.29) is 19.0 Å². The van der Waals surface area contributed by atoms with Crippen LogP contribution < -0.4 is 10.6 Å². The summed E-state index contributed by atoms with van der Waals surface area (Å²) in [5.41, 5.74) is 1.85. The van der Waals surface area contributed by atoms with Gasteiger partial charge in [-0.3, -0.25) is 9.59 Å². The quantitative estimate of drug-likeness (QED) is 0.185. The summed E-state index contributed by atoms with van der Waals surface area (Å²) in [5, 5.41) is 9.88. The van der Waals surface area contributed by atoms with Gasteiger partial charge in [-0.15, -0.1) is 34.3 Å². The second kappa shape index (κ2) is 14.1. The van der Waals surface area contributed by atoms with Crippen molar-refractivity contribution in [1.29, 1.82) is 0 Å². The van der Waals surface area contributed by atoms with Crippen LogP contribution in [0.5, 0.6) is 0 Å².